The summed E-state index contributed by atoms with van der Waals surface area (Å²) < 4.78 is 33.5. The summed E-state index contributed by atoms with van der Waals surface area (Å²) in [4.78, 5) is -0.178. The molecule has 0 saturated heterocycles. The van der Waals surface area contributed by atoms with Gasteiger partial charge in [0.1, 0.15) is 16.7 Å². The number of hydrogen-bond donors (Lipinski definition) is 0. The summed E-state index contributed by atoms with van der Waals surface area (Å²) in [7, 11) is -4.27. The lowest BCUT2D eigenvalue weighted by atomic mass is 10.1. The summed E-state index contributed by atoms with van der Waals surface area (Å²) in [5.74, 6) is 0. The molecule has 2 rings (SSSR count). The Hall–Kier alpha value is -1.72. The molecule has 0 unspecified atom stereocenters. The Kier molecular flexibility index (Phi) is 13.3. The summed E-state index contributed by atoms with van der Waals surface area (Å²) in [6, 6.07) is 10.1. The number of benzene rings is 1. The highest BCUT2D eigenvalue weighted by molar-refractivity contribution is 7.85. The van der Waals surface area contributed by atoms with Crippen molar-refractivity contribution < 1.29 is 17.5 Å². The molecular weight excluding hydrogens is 394 g/mol. The van der Waals surface area contributed by atoms with Gasteiger partial charge in [-0.05, 0) is 38.5 Å². The predicted molar refractivity (Wildman–Crippen MR) is 122 cm³/mol. The van der Waals surface area contributed by atoms with Crippen LogP contribution in [0.25, 0.3) is 0 Å². The van der Waals surface area contributed by atoms with E-state index in [2.05, 4.69) is 42.9 Å². The monoisotopic (exact) mass is 433 g/mol. The first-order valence-corrected chi connectivity index (χ1v) is 12.7. The lowest BCUT2D eigenvalue weighted by molar-refractivity contribution is -0.697. The Balaban J connectivity index is 0.000000346. The van der Waals surface area contributed by atoms with E-state index in [0.29, 0.717) is 0 Å². The van der Waals surface area contributed by atoms with Crippen molar-refractivity contribution in [1.29, 1.82) is 0 Å². The van der Waals surface area contributed by atoms with Gasteiger partial charge in [-0.2, -0.15) is 0 Å². The topological polar surface area (TPSA) is 61.1 Å². The standard InChI is InChI=1S/C18H32N.C7H8O3S/c1-3-4-5-6-7-8-9-10-11-12-15-19-16-13-14-18(2)17-19;1-6-2-4-7(5-3-6)11(8,9)10/h13-14,16-17H,3-12,15H2,1-2H3;2-5H,1H3,(H,8,9,10)/q+1;/p-1. The van der Waals surface area contributed by atoms with Crippen LogP contribution in [-0.2, 0) is 16.7 Å². The Bertz CT molecular complexity index is 801. The van der Waals surface area contributed by atoms with Gasteiger partial charge in [0.2, 0.25) is 0 Å². The average Bonchev–Trinajstić information content (AvgIpc) is 2.70. The quantitative estimate of drug-likeness (QED) is 0.231. The van der Waals surface area contributed by atoms with Crippen LogP contribution in [0.5, 0.6) is 0 Å². The fourth-order valence-corrected chi connectivity index (χ4v) is 3.75. The molecule has 0 atom stereocenters. The van der Waals surface area contributed by atoms with E-state index in [0.717, 1.165) is 5.56 Å². The van der Waals surface area contributed by atoms with E-state index in [1.165, 1.54) is 88.4 Å². The third-order valence-corrected chi connectivity index (χ3v) is 5.94. The van der Waals surface area contributed by atoms with Crippen molar-refractivity contribution in [1.82, 2.24) is 0 Å². The first kappa shape index (κ1) is 26.3. The van der Waals surface area contributed by atoms with Gasteiger partial charge in [0, 0.05) is 18.1 Å². The number of unbranched alkanes of at least 4 members (excludes halogenated alkanes) is 9. The van der Waals surface area contributed by atoms with Gasteiger partial charge in [0.05, 0.1) is 4.90 Å². The molecule has 30 heavy (non-hydrogen) atoms. The smallest absolute Gasteiger partial charge is 0.171 e. The van der Waals surface area contributed by atoms with Crippen LogP contribution in [0, 0.1) is 13.8 Å². The van der Waals surface area contributed by atoms with E-state index in [-0.39, 0.29) is 4.90 Å². The van der Waals surface area contributed by atoms with E-state index in [1.54, 1.807) is 12.1 Å². The van der Waals surface area contributed by atoms with Gasteiger partial charge in [-0.3, -0.25) is 0 Å². The van der Waals surface area contributed by atoms with Crippen LogP contribution in [0.2, 0.25) is 0 Å². The second-order valence-corrected chi connectivity index (χ2v) is 9.45. The number of rotatable bonds is 12. The first-order chi connectivity index (χ1) is 14.3. The van der Waals surface area contributed by atoms with E-state index < -0.39 is 10.1 Å². The molecule has 0 radical (unpaired) electrons. The van der Waals surface area contributed by atoms with Crippen molar-refractivity contribution in [2.75, 3.05) is 0 Å². The molecule has 0 bridgehead atoms. The summed E-state index contributed by atoms with van der Waals surface area (Å²) in [5.41, 5.74) is 2.28. The summed E-state index contributed by atoms with van der Waals surface area (Å²) in [6.45, 7) is 7.45. The molecule has 0 aliphatic rings. The molecule has 0 spiro atoms. The van der Waals surface area contributed by atoms with Crippen molar-refractivity contribution >= 4 is 10.1 Å². The van der Waals surface area contributed by atoms with Crippen LogP contribution in [0.4, 0.5) is 0 Å². The molecule has 2 aromatic rings. The Labute approximate surface area is 184 Å². The molecule has 1 heterocycles. The normalized spacial score (nSPS) is 11.1. The number of pyridine rings is 1. The molecular formula is C25H39NO3S. The number of nitrogens with zero attached hydrogens (tertiary/aromatic N) is 1. The molecule has 0 amide bonds. The highest BCUT2D eigenvalue weighted by atomic mass is 32.2. The summed E-state index contributed by atoms with van der Waals surface area (Å²) in [6.07, 6.45) is 18.6. The maximum atomic E-state index is 10.4. The lowest BCUT2D eigenvalue weighted by Gasteiger charge is -2.05. The maximum Gasteiger partial charge on any atom is 0.171 e. The SMILES string of the molecule is CCCCCCCCCCCC[n+]1cccc(C)c1.Cc1ccc(S(=O)(=O)[O-])cc1. The van der Waals surface area contributed by atoms with E-state index in [1.807, 2.05) is 6.92 Å². The van der Waals surface area contributed by atoms with Gasteiger partial charge >= 0.3 is 0 Å². The maximum absolute atomic E-state index is 10.4. The van der Waals surface area contributed by atoms with E-state index >= 15 is 0 Å². The zero-order valence-electron chi connectivity index (χ0n) is 19.0. The molecule has 0 N–H and O–H groups in total. The van der Waals surface area contributed by atoms with Crippen molar-refractivity contribution in [3.05, 3.63) is 59.9 Å². The minimum Gasteiger partial charge on any atom is -0.744 e. The predicted octanol–water partition coefficient (Wildman–Crippen LogP) is 6.10. The molecule has 4 nitrogen and oxygen atoms in total. The van der Waals surface area contributed by atoms with Gasteiger partial charge < -0.3 is 4.55 Å². The lowest BCUT2D eigenvalue weighted by Crippen LogP contribution is -2.32. The number of aryl methyl sites for hydroxylation is 3. The van der Waals surface area contributed by atoms with Gasteiger partial charge in [0.25, 0.3) is 0 Å². The van der Waals surface area contributed by atoms with Gasteiger partial charge in [-0.25, -0.2) is 13.0 Å². The van der Waals surface area contributed by atoms with Crippen molar-refractivity contribution in [3.8, 4) is 0 Å². The molecule has 0 aliphatic carbocycles. The molecule has 5 heteroatoms. The van der Waals surface area contributed by atoms with Crippen molar-refractivity contribution in [2.45, 2.75) is 96.4 Å². The highest BCUT2D eigenvalue weighted by Crippen LogP contribution is 2.10. The minimum atomic E-state index is -4.27. The fourth-order valence-electron chi connectivity index (χ4n) is 3.28. The highest BCUT2D eigenvalue weighted by Gasteiger charge is 2.00. The van der Waals surface area contributed by atoms with Crippen LogP contribution < -0.4 is 4.57 Å². The van der Waals surface area contributed by atoms with Crippen LogP contribution in [0.15, 0.2) is 53.7 Å². The van der Waals surface area contributed by atoms with Crippen molar-refractivity contribution in [2.24, 2.45) is 0 Å². The van der Waals surface area contributed by atoms with Gasteiger partial charge in [-0.15, -0.1) is 0 Å². The summed E-state index contributed by atoms with van der Waals surface area (Å²) >= 11 is 0. The molecule has 0 fully saturated rings. The van der Waals surface area contributed by atoms with E-state index in [9.17, 15) is 13.0 Å². The van der Waals surface area contributed by atoms with Crippen LogP contribution in [-0.4, -0.2) is 13.0 Å². The first-order valence-electron chi connectivity index (χ1n) is 11.3. The number of hydrogen-bond acceptors (Lipinski definition) is 3. The van der Waals surface area contributed by atoms with E-state index in [4.69, 9.17) is 0 Å². The van der Waals surface area contributed by atoms with Crippen LogP contribution >= 0.6 is 0 Å². The summed E-state index contributed by atoms with van der Waals surface area (Å²) in [5, 5.41) is 0. The molecule has 168 valence electrons. The largest absolute Gasteiger partial charge is 0.744 e. The Morgan fingerprint density at radius 3 is 1.80 bits per heavy atom. The average molecular weight is 434 g/mol. The molecule has 0 aliphatic heterocycles. The van der Waals surface area contributed by atoms with Crippen LogP contribution in [0.1, 0.15) is 82.3 Å². The Morgan fingerprint density at radius 1 is 0.767 bits per heavy atom. The molecule has 0 saturated carbocycles. The second-order valence-electron chi connectivity index (χ2n) is 8.07. The molecule has 1 aromatic heterocycles. The number of aromatic nitrogens is 1. The van der Waals surface area contributed by atoms with Gasteiger partial charge in [-0.1, -0.05) is 76.0 Å². The zero-order valence-corrected chi connectivity index (χ0v) is 19.8. The fraction of sp³-hybridized carbons (Fsp3) is 0.560. The third-order valence-electron chi connectivity index (χ3n) is 5.09. The van der Waals surface area contributed by atoms with Gasteiger partial charge in [0.15, 0.2) is 12.4 Å². The molecule has 1 aromatic carbocycles. The second kappa shape index (κ2) is 15.1. The third kappa shape index (κ3) is 12.8. The minimum absolute atomic E-state index is 0.178. The Morgan fingerprint density at radius 2 is 1.30 bits per heavy atom. The van der Waals surface area contributed by atoms with Crippen molar-refractivity contribution in [3.63, 3.8) is 0 Å². The zero-order chi connectivity index (χ0) is 22.2. The van der Waals surface area contributed by atoms with Crippen LogP contribution in [0.3, 0.4) is 0 Å².